The highest BCUT2D eigenvalue weighted by Crippen LogP contribution is 1.75. The Labute approximate surface area is 74.0 Å². The Hall–Kier alpha value is -1.08. The molecule has 0 aromatic carbocycles. The van der Waals surface area contributed by atoms with Crippen LogP contribution in [0.3, 0.4) is 0 Å². The van der Waals surface area contributed by atoms with Crippen molar-refractivity contribution in [2.45, 2.75) is 19.8 Å². The lowest BCUT2D eigenvalue weighted by molar-refractivity contribution is -0.120. The van der Waals surface area contributed by atoms with E-state index in [1.165, 1.54) is 0 Å². The molecule has 0 spiro atoms. The molecule has 4 heteroatoms. The number of nitriles is 1. The van der Waals surface area contributed by atoms with Crippen molar-refractivity contribution in [2.24, 2.45) is 0 Å². The molecule has 0 saturated heterocycles. The standard InChI is InChI=1S/C6H10N2O.C2H7N/c1-2-5-8-6(9)3-4-7;1-3-2/h2-3,5H2,1H3,(H,8,9);3H,1-2H3. The molecule has 12 heavy (non-hydrogen) atoms. The molecule has 0 aromatic heterocycles. The van der Waals surface area contributed by atoms with Crippen molar-refractivity contribution in [1.82, 2.24) is 10.6 Å². The van der Waals surface area contributed by atoms with Crippen LogP contribution in [0.2, 0.25) is 0 Å². The molecule has 0 rings (SSSR count). The monoisotopic (exact) mass is 171 g/mol. The first-order chi connectivity index (χ1) is 5.72. The number of nitrogens with zero attached hydrogens (tertiary/aromatic N) is 1. The molecular weight excluding hydrogens is 154 g/mol. The van der Waals surface area contributed by atoms with E-state index in [0.29, 0.717) is 6.54 Å². The molecule has 0 atom stereocenters. The van der Waals surface area contributed by atoms with E-state index in [1.807, 2.05) is 21.0 Å². The summed E-state index contributed by atoms with van der Waals surface area (Å²) in [6, 6.07) is 1.76. The van der Waals surface area contributed by atoms with E-state index >= 15 is 0 Å². The topological polar surface area (TPSA) is 64.9 Å². The summed E-state index contributed by atoms with van der Waals surface area (Å²) in [7, 11) is 3.75. The third kappa shape index (κ3) is 16.0. The van der Waals surface area contributed by atoms with Crippen LogP contribution in [-0.4, -0.2) is 26.5 Å². The Kier molecular flexibility index (Phi) is 14.2. The summed E-state index contributed by atoms with van der Waals surface area (Å²) in [5, 5.41) is 13.3. The van der Waals surface area contributed by atoms with Crippen LogP contribution in [-0.2, 0) is 4.79 Å². The van der Waals surface area contributed by atoms with Crippen molar-refractivity contribution >= 4 is 5.91 Å². The van der Waals surface area contributed by atoms with Gasteiger partial charge in [-0.15, -0.1) is 0 Å². The molecule has 0 heterocycles. The van der Waals surface area contributed by atoms with Crippen molar-refractivity contribution < 1.29 is 4.79 Å². The molecule has 4 nitrogen and oxygen atoms in total. The van der Waals surface area contributed by atoms with Crippen molar-refractivity contribution in [3.8, 4) is 6.07 Å². The Balaban J connectivity index is 0. The molecule has 2 N–H and O–H groups in total. The maximum absolute atomic E-state index is 10.5. The van der Waals surface area contributed by atoms with Gasteiger partial charge in [-0.1, -0.05) is 6.92 Å². The summed E-state index contributed by atoms with van der Waals surface area (Å²) in [4.78, 5) is 10.5. The van der Waals surface area contributed by atoms with E-state index in [-0.39, 0.29) is 12.3 Å². The highest BCUT2D eigenvalue weighted by atomic mass is 16.1. The zero-order valence-corrected chi connectivity index (χ0v) is 7.98. The highest BCUT2D eigenvalue weighted by Gasteiger charge is 1.94. The van der Waals surface area contributed by atoms with Gasteiger partial charge >= 0.3 is 0 Å². The van der Waals surface area contributed by atoms with Gasteiger partial charge in [-0.25, -0.2) is 0 Å². The van der Waals surface area contributed by atoms with Crippen LogP contribution in [0, 0.1) is 11.3 Å². The summed E-state index contributed by atoms with van der Waals surface area (Å²) in [5.74, 6) is -0.181. The summed E-state index contributed by atoms with van der Waals surface area (Å²) in [6.45, 7) is 2.63. The van der Waals surface area contributed by atoms with Crippen LogP contribution < -0.4 is 10.6 Å². The number of rotatable bonds is 3. The molecule has 0 unspecified atom stereocenters. The molecule has 70 valence electrons. The molecule has 0 aliphatic rings. The fourth-order valence-electron chi connectivity index (χ4n) is 0.399. The summed E-state index contributed by atoms with van der Waals surface area (Å²) in [5.41, 5.74) is 0. The lowest BCUT2D eigenvalue weighted by atomic mass is 10.4. The van der Waals surface area contributed by atoms with Crippen LogP contribution in [0.15, 0.2) is 0 Å². The van der Waals surface area contributed by atoms with Crippen molar-refractivity contribution in [3.05, 3.63) is 0 Å². The van der Waals surface area contributed by atoms with Crippen LogP contribution in [0.1, 0.15) is 19.8 Å². The van der Waals surface area contributed by atoms with E-state index in [0.717, 1.165) is 6.42 Å². The zero-order valence-electron chi connectivity index (χ0n) is 7.98. The predicted octanol–water partition coefficient (Wildman–Crippen LogP) is 0.262. The summed E-state index contributed by atoms with van der Waals surface area (Å²) in [6.07, 6.45) is 0.886. The Morgan fingerprint density at radius 1 is 1.50 bits per heavy atom. The SMILES string of the molecule is CCCNC(=O)CC#N.CNC. The van der Waals surface area contributed by atoms with Crippen molar-refractivity contribution in [2.75, 3.05) is 20.6 Å². The first kappa shape index (κ1) is 13.5. The second kappa shape index (κ2) is 12.6. The van der Waals surface area contributed by atoms with Gasteiger partial charge in [0.25, 0.3) is 0 Å². The number of hydrogen-bond donors (Lipinski definition) is 2. The number of carbonyl (C=O) groups is 1. The number of hydrogen-bond acceptors (Lipinski definition) is 3. The van der Waals surface area contributed by atoms with Crippen LogP contribution in [0.25, 0.3) is 0 Å². The molecule has 0 fully saturated rings. The molecule has 0 saturated carbocycles. The molecule has 1 amide bonds. The van der Waals surface area contributed by atoms with Gasteiger partial charge in [0.1, 0.15) is 6.42 Å². The first-order valence-electron chi connectivity index (χ1n) is 3.95. The Bertz CT molecular complexity index is 140. The average Bonchev–Trinajstić information content (AvgIpc) is 2.03. The van der Waals surface area contributed by atoms with Crippen molar-refractivity contribution in [1.29, 1.82) is 5.26 Å². The lowest BCUT2D eigenvalue weighted by Crippen LogP contribution is -2.22. The Morgan fingerprint density at radius 2 is 2.00 bits per heavy atom. The van der Waals surface area contributed by atoms with Gasteiger partial charge in [0.2, 0.25) is 5.91 Å². The largest absolute Gasteiger partial charge is 0.355 e. The number of amides is 1. The zero-order chi connectivity index (χ0) is 9.82. The number of carbonyl (C=O) groups excluding carboxylic acids is 1. The fourth-order valence-corrected chi connectivity index (χ4v) is 0.399. The van der Waals surface area contributed by atoms with Gasteiger partial charge in [-0.2, -0.15) is 5.26 Å². The van der Waals surface area contributed by atoms with Gasteiger partial charge in [0.05, 0.1) is 6.07 Å². The van der Waals surface area contributed by atoms with Crippen LogP contribution >= 0.6 is 0 Å². The average molecular weight is 171 g/mol. The minimum absolute atomic E-state index is 0.0278. The van der Waals surface area contributed by atoms with Crippen LogP contribution in [0.4, 0.5) is 0 Å². The maximum Gasteiger partial charge on any atom is 0.234 e. The van der Waals surface area contributed by atoms with E-state index < -0.39 is 0 Å². The van der Waals surface area contributed by atoms with Crippen LogP contribution in [0.5, 0.6) is 0 Å². The molecule has 0 aliphatic heterocycles. The van der Waals surface area contributed by atoms with Gasteiger partial charge in [-0.3, -0.25) is 4.79 Å². The minimum atomic E-state index is -0.181. The van der Waals surface area contributed by atoms with E-state index in [4.69, 9.17) is 5.26 Å². The first-order valence-corrected chi connectivity index (χ1v) is 3.95. The van der Waals surface area contributed by atoms with Gasteiger partial charge in [0, 0.05) is 6.54 Å². The molecule has 0 radical (unpaired) electrons. The maximum atomic E-state index is 10.5. The van der Waals surface area contributed by atoms with E-state index in [9.17, 15) is 4.79 Å². The third-order valence-electron chi connectivity index (χ3n) is 0.812. The normalized spacial score (nSPS) is 7.50. The minimum Gasteiger partial charge on any atom is -0.355 e. The lowest BCUT2D eigenvalue weighted by Gasteiger charge is -1.96. The predicted molar refractivity (Wildman–Crippen MR) is 48.5 cm³/mol. The fraction of sp³-hybridized carbons (Fsp3) is 0.750. The Morgan fingerprint density at radius 3 is 2.33 bits per heavy atom. The second-order valence-electron chi connectivity index (χ2n) is 2.18. The summed E-state index contributed by atoms with van der Waals surface area (Å²) < 4.78 is 0. The molecule has 0 aromatic rings. The molecule has 0 aliphatic carbocycles. The van der Waals surface area contributed by atoms with E-state index in [1.54, 1.807) is 6.07 Å². The summed E-state index contributed by atoms with van der Waals surface area (Å²) >= 11 is 0. The number of nitrogens with one attached hydrogen (secondary N) is 2. The third-order valence-corrected chi connectivity index (χ3v) is 0.812. The van der Waals surface area contributed by atoms with Gasteiger partial charge < -0.3 is 10.6 Å². The van der Waals surface area contributed by atoms with E-state index in [2.05, 4.69) is 10.6 Å². The quantitative estimate of drug-likeness (QED) is 0.640. The van der Waals surface area contributed by atoms with Gasteiger partial charge in [0.15, 0.2) is 0 Å². The smallest absolute Gasteiger partial charge is 0.234 e. The van der Waals surface area contributed by atoms with Gasteiger partial charge in [-0.05, 0) is 20.5 Å². The van der Waals surface area contributed by atoms with Crippen molar-refractivity contribution in [3.63, 3.8) is 0 Å². The highest BCUT2D eigenvalue weighted by molar-refractivity contribution is 5.77. The molecular formula is C8H17N3O. The molecule has 0 bridgehead atoms. The second-order valence-corrected chi connectivity index (χ2v) is 2.18.